The minimum absolute atomic E-state index is 0.0519. The predicted octanol–water partition coefficient (Wildman–Crippen LogP) is 3.55. The van der Waals surface area contributed by atoms with Crippen LogP contribution >= 0.6 is 0 Å². The third kappa shape index (κ3) is 4.91. The first kappa shape index (κ1) is 22.4. The van der Waals surface area contributed by atoms with Crippen molar-refractivity contribution >= 4 is 16.1 Å². The lowest BCUT2D eigenvalue weighted by Gasteiger charge is -2.30. The van der Waals surface area contributed by atoms with E-state index in [4.69, 9.17) is 0 Å². The van der Waals surface area contributed by atoms with Crippen LogP contribution in [0.15, 0.2) is 60.1 Å². The van der Waals surface area contributed by atoms with Crippen molar-refractivity contribution in [2.45, 2.75) is 38.1 Å². The quantitative estimate of drug-likeness (QED) is 0.599. The average molecular weight is 447 g/mol. The van der Waals surface area contributed by atoms with E-state index in [-0.39, 0.29) is 22.6 Å². The Labute approximate surface area is 179 Å². The number of hydrogen-bond acceptors (Lipinski definition) is 5. The van der Waals surface area contributed by atoms with E-state index in [0.717, 1.165) is 10.2 Å². The summed E-state index contributed by atoms with van der Waals surface area (Å²) < 4.78 is 42.1. The molecule has 3 heterocycles. The van der Waals surface area contributed by atoms with Gasteiger partial charge in [0.2, 0.25) is 0 Å². The molecule has 0 saturated heterocycles. The molecule has 0 fully saturated rings. The first-order valence-electron chi connectivity index (χ1n) is 9.46. The molecule has 3 aromatic heterocycles. The van der Waals surface area contributed by atoms with E-state index >= 15 is 0 Å². The highest BCUT2D eigenvalue weighted by atomic mass is 32.2. The minimum atomic E-state index is -4.08. The van der Waals surface area contributed by atoms with Crippen LogP contribution in [0.3, 0.4) is 0 Å². The fourth-order valence-corrected chi connectivity index (χ4v) is 4.51. The number of hydrogen-bond donors (Lipinski definition) is 2. The summed E-state index contributed by atoms with van der Waals surface area (Å²) in [6, 6.07) is 5.33. The average Bonchev–Trinajstić information content (AvgIpc) is 3.12. The smallest absolute Gasteiger partial charge is 0.404 e. The molecule has 3 rings (SSSR count). The summed E-state index contributed by atoms with van der Waals surface area (Å²) in [7, 11) is -4.08. The molecule has 0 spiro atoms. The van der Waals surface area contributed by atoms with Crippen molar-refractivity contribution in [1.82, 2.24) is 19.3 Å². The van der Waals surface area contributed by atoms with E-state index in [9.17, 15) is 22.7 Å². The van der Waals surface area contributed by atoms with Gasteiger partial charge in [0.25, 0.3) is 10.0 Å². The molecule has 8 nitrogen and oxygen atoms in total. The van der Waals surface area contributed by atoms with Crippen LogP contribution in [0.1, 0.15) is 26.3 Å². The van der Waals surface area contributed by atoms with Crippen molar-refractivity contribution in [1.29, 1.82) is 0 Å². The molecule has 2 N–H and O–H groups in total. The van der Waals surface area contributed by atoms with E-state index in [2.05, 4.69) is 15.3 Å². The summed E-state index contributed by atoms with van der Waals surface area (Å²) in [5.41, 5.74) is 0.270. The maximum absolute atomic E-state index is 14.5. The van der Waals surface area contributed by atoms with Crippen LogP contribution in [-0.4, -0.2) is 39.6 Å². The Hall–Kier alpha value is -3.27. The third-order valence-corrected chi connectivity index (χ3v) is 6.52. The number of carboxylic acid groups (broad SMARTS) is 1. The number of nitrogens with one attached hydrogen (secondary N) is 1. The number of rotatable bonds is 6. The van der Waals surface area contributed by atoms with Gasteiger partial charge in [0.15, 0.2) is 5.82 Å². The van der Waals surface area contributed by atoms with Gasteiger partial charge >= 0.3 is 6.09 Å². The van der Waals surface area contributed by atoms with Gasteiger partial charge in [-0.2, -0.15) is 0 Å². The zero-order chi connectivity index (χ0) is 22.8. The topological polar surface area (TPSA) is 114 Å². The second-order valence-electron chi connectivity index (χ2n) is 8.15. The van der Waals surface area contributed by atoms with Crippen molar-refractivity contribution in [3.63, 3.8) is 0 Å². The molecule has 1 atom stereocenters. The molecule has 10 heteroatoms. The number of aromatic nitrogens is 3. The molecule has 3 aromatic rings. The van der Waals surface area contributed by atoms with E-state index in [1.54, 1.807) is 6.07 Å². The van der Waals surface area contributed by atoms with Gasteiger partial charge in [-0.25, -0.2) is 21.6 Å². The number of carbonyl (C=O) groups is 1. The van der Waals surface area contributed by atoms with Crippen molar-refractivity contribution < 1.29 is 22.7 Å². The van der Waals surface area contributed by atoms with E-state index in [1.807, 2.05) is 20.8 Å². The fourth-order valence-electron chi connectivity index (χ4n) is 3.16. The number of halogens is 1. The van der Waals surface area contributed by atoms with Crippen molar-refractivity contribution in [3.8, 4) is 11.3 Å². The zero-order valence-corrected chi connectivity index (χ0v) is 18.1. The lowest BCUT2D eigenvalue weighted by Crippen LogP contribution is -2.44. The third-order valence-electron chi connectivity index (χ3n) is 4.87. The monoisotopic (exact) mass is 446 g/mol. The van der Waals surface area contributed by atoms with Gasteiger partial charge in [0.05, 0.1) is 11.9 Å². The van der Waals surface area contributed by atoms with Gasteiger partial charge in [0, 0.05) is 36.4 Å². The Morgan fingerprint density at radius 1 is 1.23 bits per heavy atom. The van der Waals surface area contributed by atoms with Crippen molar-refractivity contribution in [2.75, 3.05) is 0 Å². The van der Waals surface area contributed by atoms with E-state index in [0.29, 0.717) is 5.56 Å². The van der Waals surface area contributed by atoms with Crippen LogP contribution in [0.2, 0.25) is 0 Å². The van der Waals surface area contributed by atoms with Crippen LogP contribution in [0, 0.1) is 11.2 Å². The second kappa shape index (κ2) is 8.46. The maximum atomic E-state index is 14.5. The molecular weight excluding hydrogens is 423 g/mol. The standard InChI is InChI=1S/C21H23FN4O4S/c1-21(2,3)19(25-20(27)28)10-14-9-18(16-6-8-24-12-17(16)22)26(13-14)31(29,30)15-5-4-7-23-11-15/h4-9,11-13,19,25H,10H2,1-3H3,(H,27,28). The molecule has 1 unspecified atom stereocenters. The largest absolute Gasteiger partial charge is 0.465 e. The Morgan fingerprint density at radius 2 is 1.94 bits per heavy atom. The molecule has 164 valence electrons. The van der Waals surface area contributed by atoms with Crippen LogP contribution in [0.4, 0.5) is 9.18 Å². The molecule has 0 aliphatic rings. The molecule has 0 bridgehead atoms. The van der Waals surface area contributed by atoms with Gasteiger partial charge in [0.1, 0.15) is 4.90 Å². The zero-order valence-electron chi connectivity index (χ0n) is 17.3. The molecule has 31 heavy (non-hydrogen) atoms. The van der Waals surface area contributed by atoms with E-state index in [1.165, 1.54) is 43.0 Å². The molecule has 0 radical (unpaired) electrons. The first-order chi connectivity index (χ1) is 14.5. The molecule has 0 aliphatic carbocycles. The van der Waals surface area contributed by atoms with Gasteiger partial charge in [-0.3, -0.25) is 9.97 Å². The molecule has 1 amide bonds. The summed E-state index contributed by atoms with van der Waals surface area (Å²) in [4.78, 5) is 18.8. The van der Waals surface area contributed by atoms with Crippen molar-refractivity contribution in [3.05, 3.63) is 66.6 Å². The number of nitrogens with zero attached hydrogens (tertiary/aromatic N) is 3. The molecular formula is C21H23FN4O4S. The molecule has 0 saturated carbocycles. The number of pyridine rings is 2. The summed E-state index contributed by atoms with van der Waals surface area (Å²) in [6.45, 7) is 5.63. The molecule has 0 aliphatic heterocycles. The minimum Gasteiger partial charge on any atom is -0.465 e. The lowest BCUT2D eigenvalue weighted by molar-refractivity contribution is 0.174. The Kier molecular flexibility index (Phi) is 6.12. The van der Waals surface area contributed by atoms with Gasteiger partial charge in [-0.05, 0) is 41.7 Å². The van der Waals surface area contributed by atoms with Crippen LogP contribution in [-0.2, 0) is 16.4 Å². The second-order valence-corrected chi connectivity index (χ2v) is 9.97. The van der Waals surface area contributed by atoms with Gasteiger partial charge in [-0.15, -0.1) is 0 Å². The van der Waals surface area contributed by atoms with Crippen LogP contribution in [0.25, 0.3) is 11.3 Å². The van der Waals surface area contributed by atoms with E-state index < -0.39 is 33.4 Å². The summed E-state index contributed by atoms with van der Waals surface area (Å²) in [5.74, 6) is -0.675. The van der Waals surface area contributed by atoms with Crippen LogP contribution in [0.5, 0.6) is 0 Å². The summed E-state index contributed by atoms with van der Waals surface area (Å²) in [6.07, 6.45) is 5.47. The number of amides is 1. The van der Waals surface area contributed by atoms with Crippen LogP contribution < -0.4 is 5.32 Å². The summed E-state index contributed by atoms with van der Waals surface area (Å²) in [5, 5.41) is 11.7. The maximum Gasteiger partial charge on any atom is 0.404 e. The van der Waals surface area contributed by atoms with Crippen molar-refractivity contribution in [2.24, 2.45) is 5.41 Å². The highest BCUT2D eigenvalue weighted by Crippen LogP contribution is 2.31. The fraction of sp³-hybridized carbons (Fsp3) is 0.286. The highest BCUT2D eigenvalue weighted by Gasteiger charge is 2.29. The predicted molar refractivity (Wildman–Crippen MR) is 113 cm³/mol. The normalized spacial score (nSPS) is 13.0. The van der Waals surface area contributed by atoms with Gasteiger partial charge < -0.3 is 10.4 Å². The Bertz CT molecular complexity index is 1190. The first-order valence-corrected chi connectivity index (χ1v) is 10.9. The lowest BCUT2D eigenvalue weighted by atomic mass is 9.83. The van der Waals surface area contributed by atoms with Gasteiger partial charge in [-0.1, -0.05) is 20.8 Å². The Morgan fingerprint density at radius 3 is 2.52 bits per heavy atom. The summed E-state index contributed by atoms with van der Waals surface area (Å²) >= 11 is 0. The SMILES string of the molecule is CC(C)(C)C(Cc1cc(-c2ccncc2F)n(S(=O)(=O)c2cccnc2)c1)NC(=O)O. The Balaban J connectivity index is 2.15. The highest BCUT2D eigenvalue weighted by molar-refractivity contribution is 7.90. The molecule has 0 aromatic carbocycles.